The van der Waals surface area contributed by atoms with Gasteiger partial charge in [0.25, 0.3) is 23.6 Å². The Morgan fingerprint density at radius 1 is 0.657 bits per heavy atom. The number of aromatic carboxylic acids is 1. The van der Waals surface area contributed by atoms with Crippen LogP contribution in [0.3, 0.4) is 0 Å². The SMILES string of the molecule is Cc1cc(C(=O)O)cc(N2C(=O)c3ccc(C(=O)c4ccc5c(c4)C(=O)N(C)C5=O)cc3C2=O)c1. The second-order valence-corrected chi connectivity index (χ2v) is 8.33. The molecule has 1 N–H and O–H groups in total. The highest BCUT2D eigenvalue weighted by atomic mass is 16.4. The fourth-order valence-electron chi connectivity index (χ4n) is 4.30. The third-order valence-corrected chi connectivity index (χ3v) is 6.07. The number of rotatable bonds is 4. The molecule has 9 nitrogen and oxygen atoms in total. The maximum atomic E-state index is 13.1. The second kappa shape index (κ2) is 7.56. The quantitative estimate of drug-likeness (QED) is 0.460. The number of ketones is 1. The zero-order chi connectivity index (χ0) is 25.2. The van der Waals surface area contributed by atoms with Gasteiger partial charge in [-0.15, -0.1) is 0 Å². The zero-order valence-electron chi connectivity index (χ0n) is 18.5. The van der Waals surface area contributed by atoms with Crippen LogP contribution >= 0.6 is 0 Å². The van der Waals surface area contributed by atoms with Crippen molar-refractivity contribution in [2.45, 2.75) is 6.92 Å². The maximum Gasteiger partial charge on any atom is 0.335 e. The Hall–Kier alpha value is -4.92. The highest BCUT2D eigenvalue weighted by molar-refractivity contribution is 6.35. The number of carbonyl (C=O) groups is 6. The smallest absolute Gasteiger partial charge is 0.335 e. The van der Waals surface area contributed by atoms with Gasteiger partial charge in [-0.05, 0) is 55.0 Å². The minimum Gasteiger partial charge on any atom is -0.478 e. The van der Waals surface area contributed by atoms with Crippen LogP contribution < -0.4 is 4.90 Å². The first kappa shape index (κ1) is 21.9. The summed E-state index contributed by atoms with van der Waals surface area (Å²) in [7, 11) is 1.36. The van der Waals surface area contributed by atoms with Crippen LogP contribution in [0.1, 0.15) is 73.3 Å². The molecule has 0 aromatic heterocycles. The van der Waals surface area contributed by atoms with E-state index < -0.39 is 35.4 Å². The van der Waals surface area contributed by atoms with Crippen LogP contribution in [0.25, 0.3) is 0 Å². The van der Waals surface area contributed by atoms with Crippen molar-refractivity contribution in [3.05, 3.63) is 99.1 Å². The van der Waals surface area contributed by atoms with E-state index in [2.05, 4.69) is 0 Å². The molecule has 4 amide bonds. The lowest BCUT2D eigenvalue weighted by molar-refractivity contribution is 0.0682. The monoisotopic (exact) mass is 468 g/mol. The number of carboxylic acid groups (broad SMARTS) is 1. The van der Waals surface area contributed by atoms with Gasteiger partial charge in [0.2, 0.25) is 0 Å². The number of fused-ring (bicyclic) bond motifs is 2. The van der Waals surface area contributed by atoms with Crippen LogP contribution in [0.5, 0.6) is 0 Å². The van der Waals surface area contributed by atoms with E-state index in [0.717, 1.165) is 9.80 Å². The third-order valence-electron chi connectivity index (χ3n) is 6.07. The summed E-state index contributed by atoms with van der Waals surface area (Å²) in [5, 5.41) is 9.32. The zero-order valence-corrected chi connectivity index (χ0v) is 18.5. The highest BCUT2D eigenvalue weighted by Crippen LogP contribution is 2.31. The predicted octanol–water partition coefficient (Wildman–Crippen LogP) is 2.95. The van der Waals surface area contributed by atoms with Crippen LogP contribution in [-0.2, 0) is 0 Å². The van der Waals surface area contributed by atoms with Gasteiger partial charge >= 0.3 is 5.97 Å². The Morgan fingerprint density at radius 2 is 1.17 bits per heavy atom. The summed E-state index contributed by atoms with van der Waals surface area (Å²) in [6.07, 6.45) is 0. The van der Waals surface area contributed by atoms with Crippen LogP contribution in [0.15, 0.2) is 54.6 Å². The van der Waals surface area contributed by atoms with Gasteiger partial charge in [-0.2, -0.15) is 0 Å². The summed E-state index contributed by atoms with van der Waals surface area (Å²) in [5.74, 6) is -3.96. The van der Waals surface area contributed by atoms with E-state index in [1.165, 1.54) is 61.6 Å². The first-order chi connectivity index (χ1) is 16.6. The summed E-state index contributed by atoms with van der Waals surface area (Å²) in [4.78, 5) is 76.9. The number of carbonyl (C=O) groups excluding carboxylic acids is 5. The number of nitrogens with zero attached hydrogens (tertiary/aromatic N) is 2. The van der Waals surface area contributed by atoms with Gasteiger partial charge in [0.05, 0.1) is 33.5 Å². The number of imide groups is 2. The van der Waals surface area contributed by atoms with Crippen molar-refractivity contribution >= 4 is 41.1 Å². The summed E-state index contributed by atoms with van der Waals surface area (Å²) >= 11 is 0. The number of anilines is 1. The van der Waals surface area contributed by atoms with E-state index in [1.807, 2.05) is 0 Å². The average Bonchev–Trinajstić information content (AvgIpc) is 3.22. The molecule has 0 spiro atoms. The summed E-state index contributed by atoms with van der Waals surface area (Å²) < 4.78 is 0. The van der Waals surface area contributed by atoms with Crippen molar-refractivity contribution < 1.29 is 33.9 Å². The van der Waals surface area contributed by atoms with Gasteiger partial charge in [-0.3, -0.25) is 28.9 Å². The van der Waals surface area contributed by atoms with Gasteiger partial charge < -0.3 is 5.11 Å². The minimum atomic E-state index is -1.19. The topological polar surface area (TPSA) is 129 Å². The number of amides is 4. The van der Waals surface area contributed by atoms with Crippen molar-refractivity contribution in [1.82, 2.24) is 4.90 Å². The van der Waals surface area contributed by atoms with Gasteiger partial charge in [0.15, 0.2) is 5.78 Å². The Bertz CT molecular complexity index is 1550. The standard InChI is InChI=1S/C26H16N2O7/c1-12-7-15(26(34)35)9-16(8-12)28-24(32)18-6-4-14(11-20(18)25(28)33)21(29)13-3-5-17-19(10-13)23(31)27(2)22(17)30/h3-11H,1-2H3,(H,34,35). The molecule has 5 rings (SSSR count). The Labute approximate surface area is 198 Å². The fourth-order valence-corrected chi connectivity index (χ4v) is 4.30. The lowest BCUT2D eigenvalue weighted by Crippen LogP contribution is -2.29. The molecule has 0 atom stereocenters. The van der Waals surface area contributed by atoms with Gasteiger partial charge in [-0.25, -0.2) is 9.69 Å². The molecule has 0 saturated heterocycles. The number of aryl methyl sites for hydroxylation is 1. The molecule has 0 saturated carbocycles. The van der Waals surface area contributed by atoms with Crippen LogP contribution in [0, 0.1) is 6.92 Å². The molecule has 2 heterocycles. The highest BCUT2D eigenvalue weighted by Gasteiger charge is 2.38. The van der Waals surface area contributed by atoms with E-state index in [-0.39, 0.29) is 44.6 Å². The van der Waals surface area contributed by atoms with Crippen molar-refractivity contribution in [3.8, 4) is 0 Å². The van der Waals surface area contributed by atoms with Crippen molar-refractivity contribution in [2.24, 2.45) is 0 Å². The van der Waals surface area contributed by atoms with Crippen molar-refractivity contribution in [1.29, 1.82) is 0 Å². The van der Waals surface area contributed by atoms with Gasteiger partial charge in [0.1, 0.15) is 0 Å². The average molecular weight is 468 g/mol. The van der Waals surface area contributed by atoms with Crippen LogP contribution in [0.4, 0.5) is 5.69 Å². The van der Waals surface area contributed by atoms with Crippen LogP contribution in [-0.4, -0.2) is 52.4 Å². The molecule has 2 aliphatic heterocycles. The second-order valence-electron chi connectivity index (χ2n) is 8.33. The fraction of sp³-hybridized carbons (Fsp3) is 0.0769. The van der Waals surface area contributed by atoms with E-state index in [0.29, 0.717) is 5.56 Å². The van der Waals surface area contributed by atoms with Gasteiger partial charge in [-0.1, -0.05) is 12.1 Å². The number of hydrogen-bond donors (Lipinski definition) is 1. The molecule has 3 aromatic carbocycles. The molecule has 0 unspecified atom stereocenters. The van der Waals surface area contributed by atoms with Gasteiger partial charge in [0, 0.05) is 18.2 Å². The molecule has 172 valence electrons. The Morgan fingerprint density at radius 3 is 1.77 bits per heavy atom. The summed E-state index contributed by atoms with van der Waals surface area (Å²) in [6, 6.07) is 12.4. The molecule has 0 fully saturated rings. The minimum absolute atomic E-state index is 0.00591. The van der Waals surface area contributed by atoms with E-state index in [4.69, 9.17) is 0 Å². The number of hydrogen-bond acceptors (Lipinski definition) is 6. The molecule has 0 radical (unpaired) electrons. The first-order valence-corrected chi connectivity index (χ1v) is 10.5. The normalized spacial score (nSPS) is 14.5. The Balaban J connectivity index is 1.51. The number of carboxylic acids is 1. The molecular formula is C26H16N2O7. The van der Waals surface area contributed by atoms with Crippen LogP contribution in [0.2, 0.25) is 0 Å². The molecule has 2 aliphatic rings. The number of benzene rings is 3. The molecule has 35 heavy (non-hydrogen) atoms. The largest absolute Gasteiger partial charge is 0.478 e. The Kier molecular flexibility index (Phi) is 4.73. The molecular weight excluding hydrogens is 452 g/mol. The van der Waals surface area contributed by atoms with E-state index in [1.54, 1.807) is 6.92 Å². The first-order valence-electron chi connectivity index (χ1n) is 10.5. The van der Waals surface area contributed by atoms with Crippen molar-refractivity contribution in [2.75, 3.05) is 11.9 Å². The van der Waals surface area contributed by atoms with Crippen molar-refractivity contribution in [3.63, 3.8) is 0 Å². The molecule has 0 bridgehead atoms. The summed E-state index contributed by atoms with van der Waals surface area (Å²) in [5.41, 5.74) is 1.30. The van der Waals surface area contributed by atoms with E-state index >= 15 is 0 Å². The summed E-state index contributed by atoms with van der Waals surface area (Å²) in [6.45, 7) is 1.65. The predicted molar refractivity (Wildman–Crippen MR) is 122 cm³/mol. The lowest BCUT2D eigenvalue weighted by atomic mass is 9.96. The molecule has 0 aliphatic carbocycles. The third kappa shape index (κ3) is 3.24. The molecule has 9 heteroatoms. The maximum absolute atomic E-state index is 13.1. The lowest BCUT2D eigenvalue weighted by Gasteiger charge is -2.15. The molecule has 3 aromatic rings. The van der Waals surface area contributed by atoms with E-state index in [9.17, 15) is 33.9 Å².